The van der Waals surface area contributed by atoms with Gasteiger partial charge in [-0.3, -0.25) is 4.79 Å². The van der Waals surface area contributed by atoms with E-state index in [9.17, 15) is 4.79 Å². The summed E-state index contributed by atoms with van der Waals surface area (Å²) in [7, 11) is 2.13. The monoisotopic (exact) mass is 301 g/mol. The zero-order valence-corrected chi connectivity index (χ0v) is 13.5. The van der Waals surface area contributed by atoms with Crippen molar-refractivity contribution in [1.29, 1.82) is 0 Å². The maximum absolute atomic E-state index is 12.5. The number of piperidine rings is 2. The SMILES string of the molecule is CN1CCC(C(=O)NC2CCCN(c3ccccc3)C2)CC1. The third-order valence-corrected chi connectivity index (χ3v) is 4.98. The molecule has 1 amide bonds. The highest BCUT2D eigenvalue weighted by Gasteiger charge is 2.27. The second-order valence-corrected chi connectivity index (χ2v) is 6.71. The molecule has 4 heteroatoms. The van der Waals surface area contributed by atoms with Crippen LogP contribution in [0.25, 0.3) is 0 Å². The van der Waals surface area contributed by atoms with Gasteiger partial charge in [0.1, 0.15) is 0 Å². The quantitative estimate of drug-likeness (QED) is 0.929. The Morgan fingerprint density at radius 1 is 1.09 bits per heavy atom. The highest BCUT2D eigenvalue weighted by atomic mass is 16.2. The third-order valence-electron chi connectivity index (χ3n) is 4.98. The average Bonchev–Trinajstić information content (AvgIpc) is 2.56. The Hall–Kier alpha value is -1.55. The first kappa shape index (κ1) is 15.3. The summed E-state index contributed by atoms with van der Waals surface area (Å²) >= 11 is 0. The highest BCUT2D eigenvalue weighted by Crippen LogP contribution is 2.21. The van der Waals surface area contributed by atoms with Gasteiger partial charge in [0.05, 0.1) is 0 Å². The van der Waals surface area contributed by atoms with Crippen molar-refractivity contribution in [3.05, 3.63) is 30.3 Å². The first-order valence-electron chi connectivity index (χ1n) is 8.51. The highest BCUT2D eigenvalue weighted by molar-refractivity contribution is 5.79. The first-order valence-corrected chi connectivity index (χ1v) is 8.51. The number of para-hydroxylation sites is 1. The van der Waals surface area contributed by atoms with Gasteiger partial charge in [0.25, 0.3) is 0 Å². The summed E-state index contributed by atoms with van der Waals surface area (Å²) in [5, 5.41) is 3.30. The molecular formula is C18H27N3O. The van der Waals surface area contributed by atoms with E-state index >= 15 is 0 Å². The largest absolute Gasteiger partial charge is 0.369 e. The van der Waals surface area contributed by atoms with Crippen molar-refractivity contribution in [1.82, 2.24) is 10.2 Å². The van der Waals surface area contributed by atoms with E-state index in [1.165, 1.54) is 5.69 Å². The smallest absolute Gasteiger partial charge is 0.223 e. The molecule has 0 spiro atoms. The van der Waals surface area contributed by atoms with Gasteiger partial charge < -0.3 is 15.1 Å². The second kappa shape index (κ2) is 7.14. The summed E-state index contributed by atoms with van der Waals surface area (Å²) in [5.41, 5.74) is 1.26. The van der Waals surface area contributed by atoms with E-state index in [1.807, 2.05) is 6.07 Å². The molecule has 4 nitrogen and oxygen atoms in total. The molecule has 2 saturated heterocycles. The standard InChI is InChI=1S/C18H27N3O/c1-20-12-9-15(10-13-20)18(22)19-16-6-5-11-21(14-16)17-7-3-2-4-8-17/h2-4,7-8,15-16H,5-6,9-14H2,1H3,(H,19,22). The van der Waals surface area contributed by atoms with E-state index in [1.54, 1.807) is 0 Å². The molecule has 2 aliphatic heterocycles. The molecule has 3 rings (SSSR count). The van der Waals surface area contributed by atoms with Crippen molar-refractivity contribution >= 4 is 11.6 Å². The van der Waals surface area contributed by atoms with Gasteiger partial charge in [-0.15, -0.1) is 0 Å². The van der Waals surface area contributed by atoms with Crippen LogP contribution in [0, 0.1) is 5.92 Å². The fourth-order valence-electron chi connectivity index (χ4n) is 3.56. The molecule has 0 saturated carbocycles. The summed E-state index contributed by atoms with van der Waals surface area (Å²) < 4.78 is 0. The molecule has 22 heavy (non-hydrogen) atoms. The van der Waals surface area contributed by atoms with E-state index in [2.05, 4.69) is 46.4 Å². The summed E-state index contributed by atoms with van der Waals surface area (Å²) in [6, 6.07) is 10.8. The molecule has 0 aromatic heterocycles. The number of hydrogen-bond acceptors (Lipinski definition) is 3. The van der Waals surface area contributed by atoms with Gasteiger partial charge in [-0.1, -0.05) is 18.2 Å². The second-order valence-electron chi connectivity index (χ2n) is 6.71. The molecule has 0 bridgehead atoms. The number of rotatable bonds is 3. The van der Waals surface area contributed by atoms with Crippen LogP contribution in [-0.4, -0.2) is 50.1 Å². The summed E-state index contributed by atoms with van der Waals surface area (Å²) in [6.07, 6.45) is 4.24. The molecule has 2 aliphatic rings. The van der Waals surface area contributed by atoms with Crippen LogP contribution < -0.4 is 10.2 Å². The number of carbonyl (C=O) groups is 1. The van der Waals surface area contributed by atoms with Crippen LogP contribution >= 0.6 is 0 Å². The third kappa shape index (κ3) is 3.80. The Kier molecular flexibility index (Phi) is 4.98. The van der Waals surface area contributed by atoms with Gasteiger partial charge in [-0.2, -0.15) is 0 Å². The fraction of sp³-hybridized carbons (Fsp3) is 0.611. The number of carbonyl (C=O) groups excluding carboxylic acids is 1. The Bertz CT molecular complexity index is 482. The van der Waals surface area contributed by atoms with E-state index < -0.39 is 0 Å². The van der Waals surface area contributed by atoms with Crippen LogP contribution in [-0.2, 0) is 4.79 Å². The maximum Gasteiger partial charge on any atom is 0.223 e. The molecule has 1 unspecified atom stereocenters. The summed E-state index contributed by atoms with van der Waals surface area (Å²) in [6.45, 7) is 4.10. The minimum atomic E-state index is 0.211. The first-order chi connectivity index (χ1) is 10.7. The van der Waals surface area contributed by atoms with Crippen molar-refractivity contribution < 1.29 is 4.79 Å². The summed E-state index contributed by atoms with van der Waals surface area (Å²) in [5.74, 6) is 0.483. The molecule has 1 atom stereocenters. The lowest BCUT2D eigenvalue weighted by atomic mass is 9.95. The number of likely N-dealkylation sites (tertiary alicyclic amines) is 1. The van der Waals surface area contributed by atoms with E-state index in [0.29, 0.717) is 6.04 Å². The fourth-order valence-corrected chi connectivity index (χ4v) is 3.56. The normalized spacial score (nSPS) is 24.2. The van der Waals surface area contributed by atoms with Crippen LogP contribution in [0.3, 0.4) is 0 Å². The van der Waals surface area contributed by atoms with Crippen LogP contribution in [0.15, 0.2) is 30.3 Å². The molecule has 120 valence electrons. The van der Waals surface area contributed by atoms with Crippen molar-refractivity contribution in [2.45, 2.75) is 31.7 Å². The van der Waals surface area contributed by atoms with Gasteiger partial charge in [-0.05, 0) is 58.0 Å². The Balaban J connectivity index is 1.53. The number of nitrogens with zero attached hydrogens (tertiary/aromatic N) is 2. The van der Waals surface area contributed by atoms with Gasteiger partial charge in [0, 0.05) is 30.7 Å². The molecule has 0 radical (unpaired) electrons. The van der Waals surface area contributed by atoms with Gasteiger partial charge in [0.2, 0.25) is 5.91 Å². The average molecular weight is 301 g/mol. The summed E-state index contributed by atoms with van der Waals surface area (Å²) in [4.78, 5) is 17.2. The Labute approximate surface area is 133 Å². The number of amides is 1. The molecule has 1 aromatic rings. The van der Waals surface area contributed by atoms with E-state index in [4.69, 9.17) is 0 Å². The minimum absolute atomic E-state index is 0.211. The Morgan fingerprint density at radius 3 is 2.55 bits per heavy atom. The number of hydrogen-bond donors (Lipinski definition) is 1. The van der Waals surface area contributed by atoms with E-state index in [-0.39, 0.29) is 11.8 Å². The lowest BCUT2D eigenvalue weighted by molar-refractivity contribution is -0.127. The number of nitrogens with one attached hydrogen (secondary N) is 1. The molecule has 2 heterocycles. The van der Waals surface area contributed by atoms with Crippen LogP contribution in [0.5, 0.6) is 0 Å². The molecular weight excluding hydrogens is 274 g/mol. The zero-order valence-electron chi connectivity index (χ0n) is 13.5. The zero-order chi connectivity index (χ0) is 15.4. The lowest BCUT2D eigenvalue weighted by Crippen LogP contribution is -2.50. The van der Waals surface area contributed by atoms with Crippen molar-refractivity contribution in [2.24, 2.45) is 5.92 Å². The molecule has 1 aromatic carbocycles. The van der Waals surface area contributed by atoms with Gasteiger partial charge in [0.15, 0.2) is 0 Å². The van der Waals surface area contributed by atoms with Gasteiger partial charge >= 0.3 is 0 Å². The number of benzene rings is 1. The minimum Gasteiger partial charge on any atom is -0.369 e. The predicted molar refractivity (Wildman–Crippen MR) is 90.0 cm³/mol. The van der Waals surface area contributed by atoms with Crippen LogP contribution in [0.2, 0.25) is 0 Å². The van der Waals surface area contributed by atoms with Crippen molar-refractivity contribution in [3.63, 3.8) is 0 Å². The van der Waals surface area contributed by atoms with E-state index in [0.717, 1.165) is 51.9 Å². The van der Waals surface area contributed by atoms with Crippen molar-refractivity contribution in [2.75, 3.05) is 38.1 Å². The van der Waals surface area contributed by atoms with Crippen molar-refractivity contribution in [3.8, 4) is 0 Å². The Morgan fingerprint density at radius 2 is 1.82 bits per heavy atom. The van der Waals surface area contributed by atoms with Gasteiger partial charge in [-0.25, -0.2) is 0 Å². The van der Waals surface area contributed by atoms with Crippen LogP contribution in [0.1, 0.15) is 25.7 Å². The predicted octanol–water partition coefficient (Wildman–Crippen LogP) is 2.11. The molecule has 1 N–H and O–H groups in total. The molecule has 0 aliphatic carbocycles. The lowest BCUT2D eigenvalue weighted by Gasteiger charge is -2.36. The maximum atomic E-state index is 12.5. The van der Waals surface area contributed by atoms with Crippen LogP contribution in [0.4, 0.5) is 5.69 Å². The topological polar surface area (TPSA) is 35.6 Å². The molecule has 2 fully saturated rings. The number of anilines is 1.